The second-order valence-electron chi connectivity index (χ2n) is 5.44. The van der Waals surface area contributed by atoms with Crippen LogP contribution in [0.1, 0.15) is 29.3 Å². The van der Waals surface area contributed by atoms with Gasteiger partial charge in [0.1, 0.15) is 0 Å². The zero-order chi connectivity index (χ0) is 14.3. The fourth-order valence-corrected chi connectivity index (χ4v) is 2.95. The van der Waals surface area contributed by atoms with Crippen molar-refractivity contribution in [3.8, 4) is 0 Å². The highest BCUT2D eigenvalue weighted by molar-refractivity contribution is 6.01. The molecule has 0 aliphatic carbocycles. The van der Waals surface area contributed by atoms with Crippen LogP contribution >= 0.6 is 0 Å². The molecule has 1 fully saturated rings. The number of fused-ring (bicyclic) bond motifs is 1. The van der Waals surface area contributed by atoms with Gasteiger partial charge in [-0.3, -0.25) is 9.59 Å². The minimum atomic E-state index is -0.0190. The molecular formula is C15H18N2O3. The number of carbonyl (C=O) groups excluding carboxylic acids is 2. The van der Waals surface area contributed by atoms with E-state index in [0.717, 1.165) is 17.7 Å². The molecule has 2 unspecified atom stereocenters. The molecule has 0 bridgehead atoms. The first-order chi connectivity index (χ1) is 9.56. The lowest BCUT2D eigenvalue weighted by atomic mass is 10.1. The van der Waals surface area contributed by atoms with Gasteiger partial charge >= 0.3 is 0 Å². The maximum Gasteiger partial charge on any atom is 0.253 e. The molecule has 2 aliphatic rings. The summed E-state index contributed by atoms with van der Waals surface area (Å²) in [4.78, 5) is 25.6. The van der Waals surface area contributed by atoms with E-state index in [0.29, 0.717) is 18.6 Å². The lowest BCUT2D eigenvalue weighted by Gasteiger charge is -2.27. The molecule has 1 aromatic carbocycles. The first-order valence-electron chi connectivity index (χ1n) is 6.88. The summed E-state index contributed by atoms with van der Waals surface area (Å²) >= 11 is 0. The van der Waals surface area contributed by atoms with Crippen molar-refractivity contribution in [2.45, 2.75) is 31.9 Å². The number of carbonyl (C=O) groups is 2. The van der Waals surface area contributed by atoms with Gasteiger partial charge in [-0.1, -0.05) is 0 Å². The fraction of sp³-hybridized carbons (Fsp3) is 0.467. The molecule has 2 aliphatic heterocycles. The second-order valence-corrected chi connectivity index (χ2v) is 5.44. The number of benzene rings is 1. The first-order valence-corrected chi connectivity index (χ1v) is 6.88. The molecule has 5 nitrogen and oxygen atoms in total. The van der Waals surface area contributed by atoms with Gasteiger partial charge in [0.15, 0.2) is 0 Å². The van der Waals surface area contributed by atoms with Crippen molar-refractivity contribution in [2.24, 2.45) is 0 Å². The number of hydrogen-bond acceptors (Lipinski definition) is 3. The number of nitrogens with zero attached hydrogens (tertiary/aromatic N) is 1. The summed E-state index contributed by atoms with van der Waals surface area (Å²) < 4.78 is 5.51. The molecule has 0 radical (unpaired) electrons. The van der Waals surface area contributed by atoms with Gasteiger partial charge < -0.3 is 15.0 Å². The quantitative estimate of drug-likeness (QED) is 0.887. The summed E-state index contributed by atoms with van der Waals surface area (Å²) in [6.07, 6.45) is 1.29. The molecule has 2 atom stereocenters. The molecule has 0 aromatic heterocycles. The van der Waals surface area contributed by atoms with Gasteiger partial charge in [-0.15, -0.1) is 0 Å². The van der Waals surface area contributed by atoms with E-state index in [9.17, 15) is 9.59 Å². The Labute approximate surface area is 117 Å². The lowest BCUT2D eigenvalue weighted by Crippen LogP contribution is -2.41. The zero-order valence-corrected chi connectivity index (χ0v) is 11.7. The highest BCUT2D eigenvalue weighted by Gasteiger charge is 2.31. The number of anilines is 1. The molecule has 3 rings (SSSR count). The summed E-state index contributed by atoms with van der Waals surface area (Å²) in [6.45, 7) is 2.69. The third-order valence-corrected chi connectivity index (χ3v) is 4.13. The summed E-state index contributed by atoms with van der Waals surface area (Å²) in [6, 6.07) is 5.50. The molecule has 0 saturated carbocycles. The standard InChI is InChI=1S/C15H18N2O3/c1-9-13(5-6-20-9)17(2)15(19)10-3-4-12-11(7-10)8-14(18)16-12/h3-4,7,9,13H,5-6,8H2,1-2H3,(H,16,18). The van der Waals surface area contributed by atoms with Crippen LogP contribution in [0.25, 0.3) is 0 Å². The van der Waals surface area contributed by atoms with Crippen molar-refractivity contribution in [3.05, 3.63) is 29.3 Å². The molecular weight excluding hydrogens is 256 g/mol. The minimum absolute atomic E-state index is 0.0178. The topological polar surface area (TPSA) is 58.6 Å². The van der Waals surface area contributed by atoms with E-state index in [4.69, 9.17) is 4.74 Å². The summed E-state index contributed by atoms with van der Waals surface area (Å²) in [7, 11) is 1.81. The van der Waals surface area contributed by atoms with Gasteiger partial charge in [-0.25, -0.2) is 0 Å². The number of likely N-dealkylation sites (N-methyl/N-ethyl adjacent to an activating group) is 1. The maximum absolute atomic E-state index is 12.5. The number of hydrogen-bond donors (Lipinski definition) is 1. The van der Waals surface area contributed by atoms with Gasteiger partial charge in [0.2, 0.25) is 5.91 Å². The Hall–Kier alpha value is -1.88. The SMILES string of the molecule is CC1OCCC1N(C)C(=O)c1ccc2c(c1)CC(=O)N2. The number of ether oxygens (including phenoxy) is 1. The Morgan fingerprint density at radius 1 is 1.45 bits per heavy atom. The van der Waals surface area contributed by atoms with Crippen LogP contribution in [0, 0.1) is 0 Å². The molecule has 5 heteroatoms. The Kier molecular flexibility index (Phi) is 3.22. The lowest BCUT2D eigenvalue weighted by molar-refractivity contribution is -0.115. The van der Waals surface area contributed by atoms with E-state index < -0.39 is 0 Å². The van der Waals surface area contributed by atoms with Crippen LogP contribution in [0.4, 0.5) is 5.69 Å². The zero-order valence-electron chi connectivity index (χ0n) is 11.7. The van der Waals surface area contributed by atoms with Gasteiger partial charge in [0.25, 0.3) is 5.91 Å². The molecule has 2 heterocycles. The van der Waals surface area contributed by atoms with Crippen molar-refractivity contribution in [1.29, 1.82) is 0 Å². The predicted molar refractivity (Wildman–Crippen MR) is 74.7 cm³/mol. The monoisotopic (exact) mass is 274 g/mol. The maximum atomic E-state index is 12.5. The van der Waals surface area contributed by atoms with Crippen LogP contribution in [-0.4, -0.2) is 42.5 Å². The van der Waals surface area contributed by atoms with Crippen LogP contribution in [0.3, 0.4) is 0 Å². The largest absolute Gasteiger partial charge is 0.376 e. The molecule has 1 aromatic rings. The Morgan fingerprint density at radius 3 is 2.95 bits per heavy atom. The minimum Gasteiger partial charge on any atom is -0.376 e. The summed E-state index contributed by atoms with van der Waals surface area (Å²) in [5.74, 6) is -0.0368. The van der Waals surface area contributed by atoms with Gasteiger partial charge in [-0.2, -0.15) is 0 Å². The number of rotatable bonds is 2. The van der Waals surface area contributed by atoms with Crippen molar-refractivity contribution >= 4 is 17.5 Å². The predicted octanol–water partition coefficient (Wildman–Crippen LogP) is 1.43. The van der Waals surface area contributed by atoms with Gasteiger partial charge in [0.05, 0.1) is 18.6 Å². The summed E-state index contributed by atoms with van der Waals surface area (Å²) in [5.41, 5.74) is 2.33. The number of nitrogens with one attached hydrogen (secondary N) is 1. The third-order valence-electron chi connectivity index (χ3n) is 4.13. The van der Waals surface area contributed by atoms with Crippen molar-refractivity contribution in [3.63, 3.8) is 0 Å². The third kappa shape index (κ3) is 2.18. The molecule has 1 N–H and O–H groups in total. The molecule has 106 valence electrons. The average molecular weight is 274 g/mol. The Bertz CT molecular complexity index is 570. The van der Waals surface area contributed by atoms with Crippen LogP contribution in [0.15, 0.2) is 18.2 Å². The van der Waals surface area contributed by atoms with E-state index in [2.05, 4.69) is 5.32 Å². The fourth-order valence-electron chi connectivity index (χ4n) is 2.95. The normalized spacial score (nSPS) is 24.4. The molecule has 20 heavy (non-hydrogen) atoms. The van der Waals surface area contributed by atoms with E-state index in [1.165, 1.54) is 0 Å². The van der Waals surface area contributed by atoms with Crippen molar-refractivity contribution in [1.82, 2.24) is 4.90 Å². The Balaban J connectivity index is 1.81. The second kappa shape index (κ2) is 4.90. The van der Waals surface area contributed by atoms with E-state index >= 15 is 0 Å². The van der Waals surface area contributed by atoms with Crippen LogP contribution in [0.2, 0.25) is 0 Å². The van der Waals surface area contributed by atoms with Crippen molar-refractivity contribution < 1.29 is 14.3 Å². The summed E-state index contributed by atoms with van der Waals surface area (Å²) in [5, 5.41) is 2.77. The molecule has 2 amide bonds. The smallest absolute Gasteiger partial charge is 0.253 e. The van der Waals surface area contributed by atoms with E-state index in [1.807, 2.05) is 20.0 Å². The van der Waals surface area contributed by atoms with Crippen LogP contribution in [0.5, 0.6) is 0 Å². The van der Waals surface area contributed by atoms with Crippen LogP contribution < -0.4 is 5.32 Å². The van der Waals surface area contributed by atoms with Crippen LogP contribution in [-0.2, 0) is 16.0 Å². The number of amides is 2. The highest BCUT2D eigenvalue weighted by atomic mass is 16.5. The van der Waals surface area contributed by atoms with Gasteiger partial charge in [0, 0.05) is 24.9 Å². The van der Waals surface area contributed by atoms with E-state index in [1.54, 1.807) is 17.0 Å². The molecule has 1 saturated heterocycles. The Morgan fingerprint density at radius 2 is 2.25 bits per heavy atom. The van der Waals surface area contributed by atoms with Crippen molar-refractivity contribution in [2.75, 3.05) is 19.0 Å². The highest BCUT2D eigenvalue weighted by Crippen LogP contribution is 2.26. The van der Waals surface area contributed by atoms with Gasteiger partial charge in [-0.05, 0) is 37.1 Å². The average Bonchev–Trinajstić information content (AvgIpc) is 3.00. The van der Waals surface area contributed by atoms with E-state index in [-0.39, 0.29) is 24.0 Å². The first kappa shape index (κ1) is 13.1. The molecule has 0 spiro atoms.